The summed E-state index contributed by atoms with van der Waals surface area (Å²) >= 11 is 0. The van der Waals surface area contributed by atoms with Gasteiger partial charge in [0.1, 0.15) is 0 Å². The number of hydrogen-bond donors (Lipinski definition) is 2. The molecule has 92 valence electrons. The van der Waals surface area contributed by atoms with Gasteiger partial charge in [0.15, 0.2) is 0 Å². The first-order chi connectivity index (χ1) is 7.61. The Kier molecular flexibility index (Phi) is 3.53. The van der Waals surface area contributed by atoms with Crippen molar-refractivity contribution >= 4 is 5.91 Å². The minimum atomic E-state index is 0.227. The van der Waals surface area contributed by atoms with Gasteiger partial charge in [-0.05, 0) is 32.1 Å². The molecule has 3 nitrogen and oxygen atoms in total. The van der Waals surface area contributed by atoms with Crippen LogP contribution in [0.15, 0.2) is 0 Å². The Balaban J connectivity index is 1.84. The Morgan fingerprint density at radius 1 is 1.44 bits per heavy atom. The van der Waals surface area contributed by atoms with Crippen molar-refractivity contribution in [3.8, 4) is 0 Å². The summed E-state index contributed by atoms with van der Waals surface area (Å²) in [5.41, 5.74) is 0. The van der Waals surface area contributed by atoms with E-state index < -0.39 is 0 Å². The van der Waals surface area contributed by atoms with Crippen molar-refractivity contribution in [1.82, 2.24) is 10.6 Å². The Morgan fingerprint density at radius 3 is 2.69 bits per heavy atom. The fourth-order valence-corrected chi connectivity index (χ4v) is 2.94. The van der Waals surface area contributed by atoms with Gasteiger partial charge in [-0.15, -0.1) is 0 Å². The van der Waals surface area contributed by atoms with E-state index in [1.807, 2.05) is 0 Å². The van der Waals surface area contributed by atoms with E-state index in [2.05, 4.69) is 31.4 Å². The smallest absolute Gasteiger partial charge is 0.224 e. The number of fused-ring (bicyclic) bond motifs is 2. The van der Waals surface area contributed by atoms with Crippen LogP contribution in [0, 0.1) is 11.8 Å². The van der Waals surface area contributed by atoms with E-state index in [1.165, 1.54) is 12.8 Å². The average Bonchev–Trinajstić information content (AvgIpc) is 2.89. The van der Waals surface area contributed by atoms with Crippen LogP contribution in [0.1, 0.15) is 46.5 Å². The van der Waals surface area contributed by atoms with Gasteiger partial charge in [0.2, 0.25) is 5.91 Å². The van der Waals surface area contributed by atoms with Crippen molar-refractivity contribution in [2.75, 3.05) is 0 Å². The SMILES string of the molecule is CCC(C)C(C)NC(=O)C1CC2CCC1N2. The number of carbonyl (C=O) groups is 1. The van der Waals surface area contributed by atoms with E-state index in [0.29, 0.717) is 24.0 Å². The van der Waals surface area contributed by atoms with Crippen LogP contribution < -0.4 is 10.6 Å². The molecule has 0 aromatic carbocycles. The summed E-state index contributed by atoms with van der Waals surface area (Å²) < 4.78 is 0. The second kappa shape index (κ2) is 4.74. The highest BCUT2D eigenvalue weighted by atomic mass is 16.2. The lowest BCUT2D eigenvalue weighted by Crippen LogP contribution is -2.43. The largest absolute Gasteiger partial charge is 0.353 e. The molecular formula is C13H24N2O. The fourth-order valence-electron chi connectivity index (χ4n) is 2.94. The zero-order chi connectivity index (χ0) is 11.7. The third-order valence-corrected chi connectivity index (χ3v) is 4.50. The molecule has 5 unspecified atom stereocenters. The molecule has 2 N–H and O–H groups in total. The second-order valence-electron chi connectivity index (χ2n) is 5.57. The standard InChI is InChI=1S/C13H24N2O/c1-4-8(2)9(3)14-13(16)11-7-10-5-6-12(11)15-10/h8-12,15H,4-7H2,1-3H3,(H,14,16). The van der Waals surface area contributed by atoms with Gasteiger partial charge in [0.25, 0.3) is 0 Å². The third kappa shape index (κ3) is 2.24. The summed E-state index contributed by atoms with van der Waals surface area (Å²) in [7, 11) is 0. The highest BCUT2D eigenvalue weighted by Gasteiger charge is 2.42. The van der Waals surface area contributed by atoms with Gasteiger partial charge in [-0.3, -0.25) is 4.79 Å². The molecule has 2 bridgehead atoms. The molecule has 0 spiro atoms. The van der Waals surface area contributed by atoms with Crippen LogP contribution in [0.2, 0.25) is 0 Å². The summed E-state index contributed by atoms with van der Waals surface area (Å²) in [5.74, 6) is 1.06. The predicted octanol–water partition coefficient (Wildman–Crippen LogP) is 1.68. The maximum absolute atomic E-state index is 12.1. The molecule has 0 saturated carbocycles. The fraction of sp³-hybridized carbons (Fsp3) is 0.923. The van der Waals surface area contributed by atoms with Crippen LogP contribution in [0.5, 0.6) is 0 Å². The highest BCUT2D eigenvalue weighted by Crippen LogP contribution is 2.33. The number of nitrogens with one attached hydrogen (secondary N) is 2. The van der Waals surface area contributed by atoms with E-state index in [9.17, 15) is 4.79 Å². The molecule has 2 fully saturated rings. The van der Waals surface area contributed by atoms with Crippen molar-refractivity contribution < 1.29 is 4.79 Å². The minimum absolute atomic E-state index is 0.227. The molecule has 2 saturated heterocycles. The van der Waals surface area contributed by atoms with E-state index in [-0.39, 0.29) is 11.8 Å². The summed E-state index contributed by atoms with van der Waals surface area (Å²) in [4.78, 5) is 12.1. The lowest BCUT2D eigenvalue weighted by atomic mass is 9.88. The van der Waals surface area contributed by atoms with E-state index in [0.717, 1.165) is 12.8 Å². The number of amides is 1. The first-order valence-corrected chi connectivity index (χ1v) is 6.68. The maximum Gasteiger partial charge on any atom is 0.224 e. The number of hydrogen-bond acceptors (Lipinski definition) is 2. The van der Waals surface area contributed by atoms with Crippen LogP contribution in [0.25, 0.3) is 0 Å². The molecule has 2 heterocycles. The lowest BCUT2D eigenvalue weighted by Gasteiger charge is -2.25. The summed E-state index contributed by atoms with van der Waals surface area (Å²) in [6.45, 7) is 6.49. The van der Waals surface area contributed by atoms with Gasteiger partial charge in [0, 0.05) is 18.1 Å². The van der Waals surface area contributed by atoms with Gasteiger partial charge in [-0.2, -0.15) is 0 Å². The third-order valence-electron chi connectivity index (χ3n) is 4.50. The van der Waals surface area contributed by atoms with Gasteiger partial charge in [-0.1, -0.05) is 20.3 Å². The molecule has 0 aromatic rings. The lowest BCUT2D eigenvalue weighted by molar-refractivity contribution is -0.126. The van der Waals surface area contributed by atoms with Gasteiger partial charge in [0.05, 0.1) is 5.92 Å². The van der Waals surface area contributed by atoms with Crippen LogP contribution >= 0.6 is 0 Å². The monoisotopic (exact) mass is 224 g/mol. The highest BCUT2D eigenvalue weighted by molar-refractivity contribution is 5.80. The van der Waals surface area contributed by atoms with Gasteiger partial charge < -0.3 is 10.6 Å². The van der Waals surface area contributed by atoms with Gasteiger partial charge in [-0.25, -0.2) is 0 Å². The van der Waals surface area contributed by atoms with Crippen LogP contribution in [0.3, 0.4) is 0 Å². The molecule has 0 radical (unpaired) electrons. The maximum atomic E-state index is 12.1. The topological polar surface area (TPSA) is 41.1 Å². The molecule has 16 heavy (non-hydrogen) atoms. The number of carbonyl (C=O) groups excluding carboxylic acids is 1. The average molecular weight is 224 g/mol. The van der Waals surface area contributed by atoms with Crippen molar-refractivity contribution in [2.45, 2.75) is 64.6 Å². The molecule has 5 atom stereocenters. The molecule has 0 aliphatic carbocycles. The zero-order valence-electron chi connectivity index (χ0n) is 10.6. The Hall–Kier alpha value is -0.570. The van der Waals surface area contributed by atoms with Crippen molar-refractivity contribution in [3.63, 3.8) is 0 Å². The molecule has 2 aliphatic rings. The molecule has 2 aliphatic heterocycles. The van der Waals surface area contributed by atoms with Crippen molar-refractivity contribution in [1.29, 1.82) is 0 Å². The Morgan fingerprint density at radius 2 is 2.19 bits per heavy atom. The number of rotatable bonds is 4. The van der Waals surface area contributed by atoms with E-state index in [1.54, 1.807) is 0 Å². The normalized spacial score (nSPS) is 36.1. The quantitative estimate of drug-likeness (QED) is 0.763. The molecular weight excluding hydrogens is 200 g/mol. The first kappa shape index (κ1) is 11.9. The predicted molar refractivity (Wildman–Crippen MR) is 65.1 cm³/mol. The summed E-state index contributed by atoms with van der Waals surface area (Å²) in [6, 6.07) is 1.37. The Bertz CT molecular complexity index is 267. The molecule has 1 amide bonds. The summed E-state index contributed by atoms with van der Waals surface area (Å²) in [6.07, 6.45) is 4.61. The molecule has 0 aromatic heterocycles. The van der Waals surface area contributed by atoms with Crippen LogP contribution in [0.4, 0.5) is 0 Å². The van der Waals surface area contributed by atoms with Crippen molar-refractivity contribution in [2.24, 2.45) is 11.8 Å². The zero-order valence-corrected chi connectivity index (χ0v) is 10.6. The van der Waals surface area contributed by atoms with E-state index in [4.69, 9.17) is 0 Å². The van der Waals surface area contributed by atoms with Crippen molar-refractivity contribution in [3.05, 3.63) is 0 Å². The summed E-state index contributed by atoms with van der Waals surface area (Å²) in [5, 5.41) is 6.69. The Labute approximate surface area is 98.4 Å². The van der Waals surface area contributed by atoms with Gasteiger partial charge >= 0.3 is 0 Å². The molecule has 3 heteroatoms. The minimum Gasteiger partial charge on any atom is -0.353 e. The molecule has 2 rings (SSSR count). The van der Waals surface area contributed by atoms with Crippen LogP contribution in [-0.4, -0.2) is 24.0 Å². The first-order valence-electron chi connectivity index (χ1n) is 6.68. The van der Waals surface area contributed by atoms with E-state index >= 15 is 0 Å². The second-order valence-corrected chi connectivity index (χ2v) is 5.57. The van der Waals surface area contributed by atoms with Crippen LogP contribution in [-0.2, 0) is 4.79 Å².